The van der Waals surface area contributed by atoms with Gasteiger partial charge < -0.3 is 20.1 Å². The molecular weight excluding hydrogens is 586 g/mol. The highest BCUT2D eigenvalue weighted by molar-refractivity contribution is 8.00. The molecule has 0 radical (unpaired) electrons. The summed E-state index contributed by atoms with van der Waals surface area (Å²) < 4.78 is 6.38. The SMILES string of the molecule is C=C[C@]1(C)C[C@@H](OC(=O)CSc2ccc(C=NN(C)C(=N)N3CCNCC3)cc2)[C@]2(C)C(C)CCC3(CCC(=O)C32)[C@@H](C)[C@@H]1O. The fourth-order valence-electron chi connectivity index (χ4n) is 8.78. The van der Waals surface area contributed by atoms with E-state index in [1.165, 1.54) is 11.8 Å². The van der Waals surface area contributed by atoms with Crippen molar-refractivity contribution in [3.8, 4) is 0 Å². The third kappa shape index (κ3) is 6.22. The number of rotatable bonds is 7. The number of guanidine groups is 1. The third-order valence-corrected chi connectivity index (χ3v) is 12.9. The molecule has 2 bridgehead atoms. The van der Waals surface area contributed by atoms with Gasteiger partial charge in [0, 0.05) is 61.3 Å². The number of ether oxygens (including phenoxy) is 1. The molecule has 0 spiro atoms. The van der Waals surface area contributed by atoms with E-state index in [1.54, 1.807) is 18.3 Å². The molecule has 3 unspecified atom stereocenters. The first kappa shape index (κ1) is 33.7. The summed E-state index contributed by atoms with van der Waals surface area (Å²) in [6, 6.07) is 7.81. The number of hydrogen-bond donors (Lipinski definition) is 3. The number of hydrogen-bond acceptors (Lipinski definition) is 8. The fourth-order valence-corrected chi connectivity index (χ4v) is 9.46. The van der Waals surface area contributed by atoms with Crippen LogP contribution in [0, 0.1) is 39.4 Å². The number of benzene rings is 1. The second-order valence-corrected chi connectivity index (χ2v) is 15.3. The molecule has 10 heteroatoms. The molecule has 1 aliphatic heterocycles. The van der Waals surface area contributed by atoms with Crippen LogP contribution >= 0.6 is 11.8 Å². The van der Waals surface area contributed by atoms with E-state index in [-0.39, 0.29) is 40.7 Å². The number of piperazine rings is 1. The lowest BCUT2D eigenvalue weighted by Crippen LogP contribution is -2.63. The van der Waals surface area contributed by atoms with E-state index in [0.29, 0.717) is 18.8 Å². The van der Waals surface area contributed by atoms with Gasteiger partial charge in [-0.25, -0.2) is 5.01 Å². The van der Waals surface area contributed by atoms with Crippen molar-refractivity contribution in [1.82, 2.24) is 15.2 Å². The molecule has 1 aromatic rings. The molecule has 4 aliphatic rings. The van der Waals surface area contributed by atoms with Crippen LogP contribution < -0.4 is 5.32 Å². The van der Waals surface area contributed by atoms with Crippen LogP contribution in [-0.2, 0) is 14.3 Å². The van der Waals surface area contributed by atoms with Gasteiger partial charge in [0.2, 0.25) is 5.96 Å². The number of aliphatic hydroxyl groups is 1. The second kappa shape index (κ2) is 13.2. The number of carbonyl (C=O) groups excluding carboxylic acids is 2. The Labute approximate surface area is 272 Å². The van der Waals surface area contributed by atoms with E-state index in [2.05, 4.69) is 37.8 Å². The normalized spacial score (nSPS) is 36.6. The van der Waals surface area contributed by atoms with E-state index < -0.39 is 23.0 Å². The molecule has 1 heterocycles. The Morgan fingerprint density at radius 2 is 1.93 bits per heavy atom. The molecule has 3 saturated carbocycles. The zero-order valence-electron chi connectivity index (χ0n) is 27.6. The van der Waals surface area contributed by atoms with Gasteiger partial charge in [0.15, 0.2) is 0 Å². The molecule has 0 amide bonds. The van der Waals surface area contributed by atoms with Crippen molar-refractivity contribution >= 4 is 35.7 Å². The minimum atomic E-state index is -0.675. The zero-order valence-corrected chi connectivity index (χ0v) is 28.4. The summed E-state index contributed by atoms with van der Waals surface area (Å²) in [6.07, 6.45) is 6.00. The van der Waals surface area contributed by atoms with Gasteiger partial charge in [0.1, 0.15) is 11.9 Å². The summed E-state index contributed by atoms with van der Waals surface area (Å²) in [5.74, 6) is 0.389. The molecule has 1 aromatic carbocycles. The van der Waals surface area contributed by atoms with Crippen LogP contribution in [0.5, 0.6) is 0 Å². The van der Waals surface area contributed by atoms with E-state index in [1.807, 2.05) is 42.2 Å². The number of Topliss-reactive ketones (excluding diaryl/α,β-unsaturated/α-hetero) is 1. The molecule has 1 saturated heterocycles. The number of ketones is 1. The highest BCUT2D eigenvalue weighted by Gasteiger charge is 2.68. The van der Waals surface area contributed by atoms with Gasteiger partial charge in [-0.3, -0.25) is 15.0 Å². The molecule has 3 aliphatic carbocycles. The molecule has 8 atom stereocenters. The van der Waals surface area contributed by atoms with Gasteiger partial charge in [-0.1, -0.05) is 45.9 Å². The minimum Gasteiger partial charge on any atom is -0.461 e. The van der Waals surface area contributed by atoms with E-state index >= 15 is 0 Å². The molecular formula is C35H51N5O4S. The average Bonchev–Trinajstić information content (AvgIpc) is 3.41. The van der Waals surface area contributed by atoms with Gasteiger partial charge in [-0.15, -0.1) is 18.3 Å². The smallest absolute Gasteiger partial charge is 0.316 e. The molecule has 9 nitrogen and oxygen atoms in total. The first-order valence-electron chi connectivity index (χ1n) is 16.4. The molecule has 4 fully saturated rings. The van der Waals surface area contributed by atoms with Crippen LogP contribution in [0.25, 0.3) is 0 Å². The summed E-state index contributed by atoms with van der Waals surface area (Å²) in [4.78, 5) is 30.0. The summed E-state index contributed by atoms with van der Waals surface area (Å²) in [5.41, 5.74) is -0.543. The number of thioether (sulfide) groups is 1. The lowest BCUT2D eigenvalue weighted by atomic mass is 9.44. The quantitative estimate of drug-likeness (QED) is 0.0976. The Hall–Kier alpha value is -2.69. The maximum atomic E-state index is 13.6. The minimum absolute atomic E-state index is 0.0521. The van der Waals surface area contributed by atoms with Crippen molar-refractivity contribution < 1.29 is 19.4 Å². The number of nitrogens with one attached hydrogen (secondary N) is 2. The summed E-state index contributed by atoms with van der Waals surface area (Å²) in [5, 5.41) is 29.4. The highest BCUT2D eigenvalue weighted by Crippen LogP contribution is 2.68. The van der Waals surface area contributed by atoms with Crippen LogP contribution in [0.2, 0.25) is 0 Å². The number of hydrazone groups is 1. The topological polar surface area (TPSA) is 118 Å². The van der Waals surface area contributed by atoms with Crippen molar-refractivity contribution in [2.45, 2.75) is 76.9 Å². The molecule has 246 valence electrons. The number of esters is 1. The lowest BCUT2D eigenvalue weighted by molar-refractivity contribution is -0.205. The van der Waals surface area contributed by atoms with Crippen molar-refractivity contribution in [2.75, 3.05) is 39.0 Å². The third-order valence-electron chi connectivity index (χ3n) is 11.9. The predicted molar refractivity (Wildman–Crippen MR) is 179 cm³/mol. The lowest BCUT2D eigenvalue weighted by Gasteiger charge is -2.61. The number of aliphatic hydroxyl groups excluding tert-OH is 1. The maximum absolute atomic E-state index is 13.6. The first-order valence-corrected chi connectivity index (χ1v) is 17.4. The van der Waals surface area contributed by atoms with Gasteiger partial charge in [0.05, 0.1) is 18.1 Å². The van der Waals surface area contributed by atoms with Crippen molar-refractivity contribution in [1.29, 1.82) is 5.41 Å². The molecule has 3 N–H and O–H groups in total. The van der Waals surface area contributed by atoms with Crippen LogP contribution in [-0.4, -0.2) is 90.1 Å². The Kier molecular flexibility index (Phi) is 9.88. The van der Waals surface area contributed by atoms with E-state index in [0.717, 1.165) is 55.9 Å². The van der Waals surface area contributed by atoms with Gasteiger partial charge in [-0.05, 0) is 60.6 Å². The van der Waals surface area contributed by atoms with Gasteiger partial charge in [-0.2, -0.15) is 5.10 Å². The monoisotopic (exact) mass is 637 g/mol. The molecule has 5 rings (SSSR count). The van der Waals surface area contributed by atoms with Crippen molar-refractivity contribution in [3.05, 3.63) is 42.5 Å². The van der Waals surface area contributed by atoms with E-state index in [9.17, 15) is 14.7 Å². The highest BCUT2D eigenvalue weighted by atomic mass is 32.2. The Bertz CT molecular complexity index is 1320. The zero-order chi connectivity index (χ0) is 32.6. The summed E-state index contributed by atoms with van der Waals surface area (Å²) in [7, 11) is 1.78. The predicted octanol–water partition coefficient (Wildman–Crippen LogP) is 4.79. The largest absolute Gasteiger partial charge is 0.461 e. The van der Waals surface area contributed by atoms with Crippen molar-refractivity contribution in [2.24, 2.45) is 39.1 Å². The average molecular weight is 638 g/mol. The number of carbonyl (C=O) groups is 2. The molecule has 45 heavy (non-hydrogen) atoms. The standard InChI is InChI=1S/C35H51N5O4S/c1-7-33(4)20-28(34(5)23(2)12-14-35(24(3)31(33)43)15-13-27(41)30(34)35)44-29(42)22-45-26-10-8-25(9-11-26)21-38-39(6)32(36)40-18-16-37-17-19-40/h7-11,21,23-24,28,30-31,36-37,43H,1,12-20,22H2,2-6H3/t23?,24-,28+,30?,31-,33+,34-,35?/m0/s1. The number of nitrogens with zero attached hydrogens (tertiary/aromatic N) is 3. The van der Waals surface area contributed by atoms with E-state index in [4.69, 9.17) is 10.1 Å². The second-order valence-electron chi connectivity index (χ2n) is 14.3. The van der Waals surface area contributed by atoms with Crippen LogP contribution in [0.1, 0.15) is 65.4 Å². The Morgan fingerprint density at radius 1 is 1.24 bits per heavy atom. The fraction of sp³-hybridized carbons (Fsp3) is 0.657. The molecule has 0 aromatic heterocycles. The Morgan fingerprint density at radius 3 is 2.60 bits per heavy atom. The van der Waals surface area contributed by atoms with Crippen LogP contribution in [0.15, 0.2) is 46.9 Å². The van der Waals surface area contributed by atoms with Crippen molar-refractivity contribution in [3.63, 3.8) is 0 Å². The summed E-state index contributed by atoms with van der Waals surface area (Å²) in [6.45, 7) is 15.9. The van der Waals surface area contributed by atoms with Gasteiger partial charge in [0.25, 0.3) is 0 Å². The Balaban J connectivity index is 1.26. The maximum Gasteiger partial charge on any atom is 0.316 e. The first-order chi connectivity index (χ1) is 21.4. The van der Waals surface area contributed by atoms with Gasteiger partial charge >= 0.3 is 5.97 Å². The van der Waals surface area contributed by atoms with Crippen LogP contribution in [0.3, 0.4) is 0 Å². The van der Waals surface area contributed by atoms with Crippen LogP contribution in [0.4, 0.5) is 0 Å². The summed E-state index contributed by atoms with van der Waals surface area (Å²) >= 11 is 1.42.